The van der Waals surface area contributed by atoms with Crippen LogP contribution in [0.5, 0.6) is 0 Å². The minimum atomic E-state index is -0.366. The number of hydrogen-bond acceptors (Lipinski definition) is 0. The summed E-state index contributed by atoms with van der Waals surface area (Å²) >= 11 is 12.3. The lowest BCUT2D eigenvalue weighted by Gasteiger charge is -2.06. The van der Waals surface area contributed by atoms with Crippen LogP contribution in [0.15, 0.2) is 22.7 Å². The van der Waals surface area contributed by atoms with Gasteiger partial charge in [-0.3, -0.25) is 0 Å². The summed E-state index contributed by atoms with van der Waals surface area (Å²) in [6.45, 7) is 1.88. The van der Waals surface area contributed by atoms with Gasteiger partial charge in [0.25, 0.3) is 0 Å². The molecule has 0 bridgehead atoms. The summed E-state index contributed by atoms with van der Waals surface area (Å²) in [4.78, 5) is 0. The average molecular weight is 356 g/mol. The van der Waals surface area contributed by atoms with Crippen molar-refractivity contribution < 1.29 is 4.39 Å². The first kappa shape index (κ1) is 13.2. The van der Waals surface area contributed by atoms with Gasteiger partial charge in [-0.2, -0.15) is 0 Å². The van der Waals surface area contributed by atoms with Gasteiger partial charge in [-0.05, 0) is 40.9 Å². The van der Waals surface area contributed by atoms with E-state index < -0.39 is 0 Å². The van der Waals surface area contributed by atoms with Crippen LogP contribution in [0.3, 0.4) is 0 Å². The zero-order chi connectivity index (χ0) is 11.4. The third kappa shape index (κ3) is 3.30. The van der Waals surface area contributed by atoms with E-state index in [4.69, 9.17) is 11.6 Å². The minimum absolute atomic E-state index is 0.138. The highest BCUT2D eigenvalue weighted by Crippen LogP contribution is 2.30. The van der Waals surface area contributed by atoms with Crippen molar-refractivity contribution in [2.24, 2.45) is 0 Å². The molecular formula is C11H10Br2ClF. The van der Waals surface area contributed by atoms with Crippen LogP contribution in [0.1, 0.15) is 18.9 Å². The van der Waals surface area contributed by atoms with Crippen LogP contribution < -0.4 is 0 Å². The third-order valence-electron chi connectivity index (χ3n) is 2.02. The van der Waals surface area contributed by atoms with Crippen LogP contribution in [-0.2, 0) is 0 Å². The maximum Gasteiger partial charge on any atom is 0.150 e. The maximum atomic E-state index is 13.7. The van der Waals surface area contributed by atoms with Crippen molar-refractivity contribution in [2.45, 2.75) is 13.3 Å². The van der Waals surface area contributed by atoms with E-state index >= 15 is 0 Å². The van der Waals surface area contributed by atoms with Gasteiger partial charge in [-0.25, -0.2) is 4.39 Å². The van der Waals surface area contributed by atoms with Crippen LogP contribution in [-0.4, -0.2) is 5.33 Å². The van der Waals surface area contributed by atoms with Gasteiger partial charge in [0, 0.05) is 15.4 Å². The molecule has 15 heavy (non-hydrogen) atoms. The molecule has 4 heteroatoms. The predicted molar refractivity (Wildman–Crippen MR) is 71.2 cm³/mol. The molecule has 0 saturated heterocycles. The highest BCUT2D eigenvalue weighted by Gasteiger charge is 2.10. The second kappa shape index (κ2) is 6.02. The van der Waals surface area contributed by atoms with Crippen LogP contribution in [0, 0.1) is 5.82 Å². The van der Waals surface area contributed by atoms with Crippen LogP contribution >= 0.6 is 43.5 Å². The lowest BCUT2D eigenvalue weighted by Crippen LogP contribution is -1.89. The summed E-state index contributed by atoms with van der Waals surface area (Å²) in [5.41, 5.74) is 1.46. The van der Waals surface area contributed by atoms with Crippen molar-refractivity contribution in [1.29, 1.82) is 0 Å². The number of benzene rings is 1. The van der Waals surface area contributed by atoms with Crippen molar-refractivity contribution in [2.75, 3.05) is 5.33 Å². The molecule has 0 atom stereocenters. The molecule has 1 aromatic rings. The Bertz CT molecular complexity index is 388. The van der Waals surface area contributed by atoms with Crippen molar-refractivity contribution in [3.63, 3.8) is 0 Å². The Balaban J connectivity index is 3.10. The van der Waals surface area contributed by atoms with E-state index in [9.17, 15) is 4.39 Å². The molecule has 0 heterocycles. The minimum Gasteiger partial charge on any atom is -0.205 e. The van der Waals surface area contributed by atoms with Crippen LogP contribution in [0.25, 0.3) is 5.57 Å². The molecule has 1 aromatic carbocycles. The summed E-state index contributed by atoms with van der Waals surface area (Å²) in [6.07, 6.45) is 2.86. The van der Waals surface area contributed by atoms with Crippen LogP contribution in [0.4, 0.5) is 4.39 Å². The van der Waals surface area contributed by atoms with E-state index in [1.54, 1.807) is 12.1 Å². The number of allylic oxidation sites excluding steroid dienone is 2. The van der Waals surface area contributed by atoms with Gasteiger partial charge in [-0.15, -0.1) is 0 Å². The molecule has 0 aliphatic carbocycles. The zero-order valence-corrected chi connectivity index (χ0v) is 12.1. The summed E-state index contributed by atoms with van der Waals surface area (Å²) in [5.74, 6) is -0.366. The summed E-state index contributed by atoms with van der Waals surface area (Å²) in [6, 6.07) is 3.48. The molecule has 0 nitrogen and oxygen atoms in total. The normalized spacial score (nSPS) is 11.9. The fraction of sp³-hybridized carbons (Fsp3) is 0.273. The Kier molecular flexibility index (Phi) is 5.30. The lowest BCUT2D eigenvalue weighted by atomic mass is 10.1. The monoisotopic (exact) mass is 354 g/mol. The first-order valence-electron chi connectivity index (χ1n) is 4.44. The van der Waals surface area contributed by atoms with Gasteiger partial charge in [0.2, 0.25) is 0 Å². The SMILES string of the molecule is C/C(=C/CCBr)c1ccc(Br)c(Cl)c1F. The van der Waals surface area contributed by atoms with E-state index in [0.717, 1.165) is 17.3 Å². The molecular weight excluding hydrogens is 346 g/mol. The molecule has 0 radical (unpaired) electrons. The van der Waals surface area contributed by atoms with E-state index in [0.29, 0.717) is 10.0 Å². The topological polar surface area (TPSA) is 0 Å². The Labute approximate surface area is 111 Å². The maximum absolute atomic E-state index is 13.7. The number of rotatable bonds is 3. The highest BCUT2D eigenvalue weighted by molar-refractivity contribution is 9.10. The van der Waals surface area contributed by atoms with Crippen molar-refractivity contribution in [3.8, 4) is 0 Å². The number of halogens is 4. The summed E-state index contributed by atoms with van der Waals surface area (Å²) < 4.78 is 14.3. The Morgan fingerprint density at radius 1 is 1.53 bits per heavy atom. The molecule has 0 unspecified atom stereocenters. The van der Waals surface area contributed by atoms with E-state index in [2.05, 4.69) is 31.9 Å². The molecule has 0 saturated carbocycles. The lowest BCUT2D eigenvalue weighted by molar-refractivity contribution is 0.623. The zero-order valence-electron chi connectivity index (χ0n) is 8.16. The molecule has 0 fully saturated rings. The molecule has 82 valence electrons. The molecule has 1 rings (SSSR count). The quantitative estimate of drug-likeness (QED) is 0.500. The van der Waals surface area contributed by atoms with Crippen molar-refractivity contribution in [3.05, 3.63) is 39.1 Å². The molecule has 0 spiro atoms. The standard InChI is InChI=1S/C11H10Br2ClF/c1-7(3-2-6-12)8-4-5-9(13)10(14)11(8)15/h3-5H,2,6H2,1H3/b7-3-. The third-order valence-corrected chi connectivity index (χ3v) is 3.74. The fourth-order valence-corrected chi connectivity index (χ4v) is 1.91. The average Bonchev–Trinajstić information content (AvgIpc) is 2.23. The second-order valence-electron chi connectivity index (χ2n) is 3.09. The predicted octanol–water partition coefficient (Wildman–Crippen LogP) is 5.43. The molecule has 0 aliphatic heterocycles. The van der Waals surface area contributed by atoms with Gasteiger partial charge in [0.05, 0.1) is 5.02 Å². The Morgan fingerprint density at radius 3 is 2.80 bits per heavy atom. The van der Waals surface area contributed by atoms with Gasteiger partial charge in [0.1, 0.15) is 5.82 Å². The molecule has 0 aliphatic rings. The number of alkyl halides is 1. The van der Waals surface area contributed by atoms with Gasteiger partial charge in [0.15, 0.2) is 0 Å². The molecule has 0 aromatic heterocycles. The molecule has 0 N–H and O–H groups in total. The fourth-order valence-electron chi connectivity index (χ4n) is 1.21. The first-order chi connectivity index (χ1) is 7.07. The van der Waals surface area contributed by atoms with Gasteiger partial charge in [-0.1, -0.05) is 39.7 Å². The van der Waals surface area contributed by atoms with E-state index in [-0.39, 0.29) is 10.8 Å². The second-order valence-corrected chi connectivity index (χ2v) is 5.11. The summed E-state index contributed by atoms with van der Waals surface area (Å²) in [5, 5.41) is 1.01. The number of hydrogen-bond donors (Lipinski definition) is 0. The highest BCUT2D eigenvalue weighted by atomic mass is 79.9. The van der Waals surface area contributed by atoms with Crippen molar-refractivity contribution >= 4 is 49.0 Å². The van der Waals surface area contributed by atoms with Gasteiger partial charge < -0.3 is 0 Å². The summed E-state index contributed by atoms with van der Waals surface area (Å²) in [7, 11) is 0. The first-order valence-corrected chi connectivity index (χ1v) is 6.73. The van der Waals surface area contributed by atoms with Gasteiger partial charge >= 0.3 is 0 Å². The van der Waals surface area contributed by atoms with Crippen LogP contribution in [0.2, 0.25) is 5.02 Å². The smallest absolute Gasteiger partial charge is 0.150 e. The van der Waals surface area contributed by atoms with Crippen molar-refractivity contribution in [1.82, 2.24) is 0 Å². The Hall–Kier alpha value is 0.140. The Morgan fingerprint density at radius 2 is 2.20 bits per heavy atom. The van der Waals surface area contributed by atoms with E-state index in [1.807, 2.05) is 13.0 Å². The van der Waals surface area contributed by atoms with E-state index in [1.165, 1.54) is 0 Å². The largest absolute Gasteiger partial charge is 0.205 e. The molecule has 0 amide bonds.